The standard InChI is InChI=1S/C18H28ClN5O8P2/c1-23(10-4-2-3-5-10)15-12-16(22-18(19)21-15)24(8-20-12)17-14(26)13(25)11(32-17)6-7-33(27,28)9-34(29,30)31/h8,10-11,13-14,17,25-26H,2-7,9H2,1H3,(H,27,28)(H2,29,30,31)/t11-,13+,14?,17-/m1/s1. The zero-order valence-electron chi connectivity index (χ0n) is 18.4. The van der Waals surface area contributed by atoms with Crippen molar-refractivity contribution in [1.29, 1.82) is 0 Å². The lowest BCUT2D eigenvalue weighted by Gasteiger charge is -2.25. The maximum Gasteiger partial charge on any atom is 0.335 e. The Labute approximate surface area is 200 Å². The van der Waals surface area contributed by atoms with Crippen molar-refractivity contribution < 1.29 is 38.8 Å². The normalized spacial score (nSPS) is 28.0. The molecule has 1 aliphatic carbocycles. The van der Waals surface area contributed by atoms with Gasteiger partial charge in [-0.2, -0.15) is 9.97 Å². The molecule has 0 spiro atoms. The molecule has 1 aliphatic heterocycles. The molecule has 0 amide bonds. The Hall–Kier alpha value is -1.14. The number of imidazole rings is 1. The van der Waals surface area contributed by atoms with Crippen LogP contribution in [0.2, 0.25) is 5.28 Å². The summed E-state index contributed by atoms with van der Waals surface area (Å²) in [5.74, 6) is -0.614. The summed E-state index contributed by atoms with van der Waals surface area (Å²) in [6.07, 6.45) is 0.0360. The van der Waals surface area contributed by atoms with E-state index in [-0.39, 0.29) is 11.7 Å². The summed E-state index contributed by atoms with van der Waals surface area (Å²) >= 11 is 6.19. The first-order valence-corrected chi connectivity index (χ1v) is 15.1. The fourth-order valence-electron chi connectivity index (χ4n) is 4.66. The number of aliphatic hydroxyl groups is 2. The number of aromatic nitrogens is 4. The molecule has 1 saturated heterocycles. The topological polar surface area (TPSA) is 191 Å². The monoisotopic (exact) mass is 539 g/mol. The number of nitrogens with zero attached hydrogens (tertiary/aromatic N) is 5. The van der Waals surface area contributed by atoms with Gasteiger partial charge in [0, 0.05) is 19.3 Å². The molecule has 1 saturated carbocycles. The number of hydrogen-bond acceptors (Lipinski definition) is 9. The van der Waals surface area contributed by atoms with Crippen LogP contribution >= 0.6 is 26.6 Å². The van der Waals surface area contributed by atoms with E-state index in [9.17, 15) is 24.2 Å². The summed E-state index contributed by atoms with van der Waals surface area (Å²) in [5.41, 5.74) is 0.750. The first-order valence-electron chi connectivity index (χ1n) is 10.9. The summed E-state index contributed by atoms with van der Waals surface area (Å²) < 4.78 is 30.4. The molecule has 2 aliphatic rings. The van der Waals surface area contributed by atoms with Gasteiger partial charge in [-0.25, -0.2) is 4.98 Å². The van der Waals surface area contributed by atoms with E-state index in [0.29, 0.717) is 23.0 Å². The molecule has 5 N–H and O–H groups in total. The van der Waals surface area contributed by atoms with Gasteiger partial charge in [-0.05, 0) is 30.9 Å². The second-order valence-corrected chi connectivity index (χ2v) is 13.8. The van der Waals surface area contributed by atoms with Crippen LogP contribution in [0.3, 0.4) is 0 Å². The number of fused-ring (bicyclic) bond motifs is 1. The lowest BCUT2D eigenvalue weighted by atomic mass is 10.1. The van der Waals surface area contributed by atoms with Gasteiger partial charge in [0.2, 0.25) is 12.7 Å². The zero-order valence-corrected chi connectivity index (χ0v) is 20.9. The third-order valence-electron chi connectivity index (χ3n) is 6.36. The molecule has 0 radical (unpaired) electrons. The maximum atomic E-state index is 12.1. The van der Waals surface area contributed by atoms with E-state index in [1.165, 1.54) is 10.9 Å². The molecule has 34 heavy (non-hydrogen) atoms. The molecule has 16 heteroatoms. The van der Waals surface area contributed by atoms with Crippen molar-refractivity contribution in [1.82, 2.24) is 19.5 Å². The van der Waals surface area contributed by atoms with Crippen molar-refractivity contribution in [2.45, 2.75) is 62.7 Å². The molecular formula is C18H28ClN5O8P2. The SMILES string of the molecule is CN(c1nc(Cl)nc2c1ncn2[C@@H]1O[C@H](CCP(=O)(O)CP(=O)(O)O)[C@H](O)C1O)C1CCCC1. The number of halogens is 1. The predicted octanol–water partition coefficient (Wildman–Crippen LogP) is 1.27. The van der Waals surface area contributed by atoms with Crippen molar-refractivity contribution in [2.75, 3.05) is 24.0 Å². The van der Waals surface area contributed by atoms with Crippen LogP contribution in [0.1, 0.15) is 38.3 Å². The maximum absolute atomic E-state index is 12.1. The van der Waals surface area contributed by atoms with Crippen LogP contribution in [-0.2, 0) is 13.9 Å². The van der Waals surface area contributed by atoms with Crippen molar-refractivity contribution in [3.05, 3.63) is 11.6 Å². The fourth-order valence-corrected chi connectivity index (χ4v) is 8.34. The minimum Gasteiger partial charge on any atom is -0.388 e. The Bertz CT molecular complexity index is 1140. The fraction of sp³-hybridized carbons (Fsp3) is 0.722. The average Bonchev–Trinajstić information content (AvgIpc) is 3.45. The first kappa shape index (κ1) is 25.9. The Kier molecular flexibility index (Phi) is 7.42. The van der Waals surface area contributed by atoms with Gasteiger partial charge in [0.25, 0.3) is 0 Å². The van der Waals surface area contributed by atoms with E-state index < -0.39 is 51.6 Å². The molecule has 13 nitrogen and oxygen atoms in total. The van der Waals surface area contributed by atoms with Gasteiger partial charge >= 0.3 is 7.60 Å². The van der Waals surface area contributed by atoms with Crippen molar-refractivity contribution in [3.63, 3.8) is 0 Å². The number of hydrogen-bond donors (Lipinski definition) is 5. The first-order chi connectivity index (χ1) is 15.9. The van der Waals surface area contributed by atoms with Gasteiger partial charge in [0.05, 0.1) is 12.4 Å². The summed E-state index contributed by atoms with van der Waals surface area (Å²) in [5, 5.41) is 21.1. The molecule has 2 unspecified atom stereocenters. The Balaban J connectivity index is 1.56. The summed E-state index contributed by atoms with van der Waals surface area (Å²) in [6.45, 7) is 0. The molecule has 0 bridgehead atoms. The van der Waals surface area contributed by atoms with Crippen LogP contribution in [0.25, 0.3) is 11.2 Å². The summed E-state index contributed by atoms with van der Waals surface area (Å²) in [4.78, 5) is 42.8. The molecule has 190 valence electrons. The minimum atomic E-state index is -4.69. The van der Waals surface area contributed by atoms with Gasteiger partial charge in [-0.1, -0.05) is 12.8 Å². The van der Waals surface area contributed by atoms with Crippen LogP contribution < -0.4 is 4.90 Å². The van der Waals surface area contributed by atoms with Gasteiger partial charge in [0.1, 0.15) is 18.1 Å². The molecule has 2 aromatic heterocycles. The number of ether oxygens (including phenoxy) is 1. The minimum absolute atomic E-state index is 0.0164. The molecule has 2 fully saturated rings. The average molecular weight is 540 g/mol. The lowest BCUT2D eigenvalue weighted by molar-refractivity contribution is -0.0354. The molecule has 4 rings (SSSR count). The molecular weight excluding hydrogens is 512 g/mol. The van der Waals surface area contributed by atoms with E-state index in [2.05, 4.69) is 15.0 Å². The van der Waals surface area contributed by atoms with Gasteiger partial charge in [-0.15, -0.1) is 0 Å². The molecule has 0 aromatic carbocycles. The molecule has 2 aromatic rings. The smallest absolute Gasteiger partial charge is 0.335 e. The van der Waals surface area contributed by atoms with Crippen molar-refractivity contribution in [2.24, 2.45) is 0 Å². The van der Waals surface area contributed by atoms with Crippen LogP contribution in [0.5, 0.6) is 0 Å². The number of aliphatic hydroxyl groups excluding tert-OH is 2. The predicted molar refractivity (Wildman–Crippen MR) is 123 cm³/mol. The van der Waals surface area contributed by atoms with E-state index in [1.54, 1.807) is 0 Å². The Morgan fingerprint density at radius 2 is 1.85 bits per heavy atom. The lowest BCUT2D eigenvalue weighted by Crippen LogP contribution is -2.32. The van der Waals surface area contributed by atoms with Crippen LogP contribution in [0, 0.1) is 0 Å². The highest BCUT2D eigenvalue weighted by Gasteiger charge is 2.45. The highest BCUT2D eigenvalue weighted by Crippen LogP contribution is 2.55. The van der Waals surface area contributed by atoms with Crippen LogP contribution in [-0.4, -0.2) is 87.9 Å². The van der Waals surface area contributed by atoms with Gasteiger partial charge in [-0.3, -0.25) is 13.7 Å². The van der Waals surface area contributed by atoms with Crippen LogP contribution in [0.15, 0.2) is 6.33 Å². The summed E-state index contributed by atoms with van der Waals surface area (Å²) in [7, 11) is -6.94. The number of rotatable bonds is 8. The Morgan fingerprint density at radius 3 is 2.50 bits per heavy atom. The Morgan fingerprint density at radius 1 is 1.18 bits per heavy atom. The van der Waals surface area contributed by atoms with E-state index in [4.69, 9.17) is 26.1 Å². The second-order valence-electron chi connectivity index (χ2n) is 8.90. The van der Waals surface area contributed by atoms with Gasteiger partial charge in [0.15, 0.2) is 23.2 Å². The van der Waals surface area contributed by atoms with E-state index >= 15 is 0 Å². The largest absolute Gasteiger partial charge is 0.388 e. The molecule has 5 atom stereocenters. The third kappa shape index (κ3) is 5.48. The van der Waals surface area contributed by atoms with Crippen molar-refractivity contribution in [3.8, 4) is 0 Å². The molecule has 3 heterocycles. The second kappa shape index (κ2) is 9.72. The van der Waals surface area contributed by atoms with Crippen LogP contribution in [0.4, 0.5) is 5.82 Å². The highest BCUT2D eigenvalue weighted by molar-refractivity contribution is 7.72. The quantitative estimate of drug-likeness (QED) is 0.239. The third-order valence-corrected chi connectivity index (χ3v) is 10.7. The summed E-state index contributed by atoms with van der Waals surface area (Å²) in [6, 6.07) is 0.293. The zero-order chi connectivity index (χ0) is 24.8. The van der Waals surface area contributed by atoms with E-state index in [0.717, 1.165) is 25.7 Å². The van der Waals surface area contributed by atoms with E-state index in [1.807, 2.05) is 11.9 Å². The van der Waals surface area contributed by atoms with Crippen molar-refractivity contribution >= 4 is 43.5 Å². The number of anilines is 1. The highest BCUT2D eigenvalue weighted by atomic mass is 35.5. The van der Waals surface area contributed by atoms with Gasteiger partial charge < -0.3 is 34.5 Å².